The minimum atomic E-state index is -0.359. The average Bonchev–Trinajstić information content (AvgIpc) is 3.48. The van der Waals surface area contributed by atoms with Gasteiger partial charge in [0.15, 0.2) is 0 Å². The van der Waals surface area contributed by atoms with E-state index in [2.05, 4.69) is 64.7 Å². The molecule has 0 bridgehead atoms. The highest BCUT2D eigenvalue weighted by atomic mass is 35.5. The molecular weight excluding hydrogens is 372 g/mol. The summed E-state index contributed by atoms with van der Waals surface area (Å²) in [7, 11) is -0.359. The van der Waals surface area contributed by atoms with Crippen LogP contribution in [0.5, 0.6) is 0 Å². The first kappa shape index (κ1) is 18.1. The average molecular weight is 395 g/mol. The van der Waals surface area contributed by atoms with E-state index in [-0.39, 0.29) is 10.7 Å². The van der Waals surface area contributed by atoms with Crippen molar-refractivity contribution in [3.05, 3.63) is 83.7 Å². The lowest BCUT2D eigenvalue weighted by molar-refractivity contribution is 0.732. The molecule has 0 saturated heterocycles. The number of rotatable bonds is 7. The van der Waals surface area contributed by atoms with E-state index in [0.717, 1.165) is 33.7 Å². The van der Waals surface area contributed by atoms with Crippen LogP contribution in [0.1, 0.15) is 24.1 Å². The molecule has 1 unspecified atom stereocenters. The summed E-state index contributed by atoms with van der Waals surface area (Å²) in [6.45, 7) is 8.82. The van der Waals surface area contributed by atoms with E-state index in [1.807, 2.05) is 12.1 Å². The summed E-state index contributed by atoms with van der Waals surface area (Å²) in [6.07, 6.45) is 4.30. The summed E-state index contributed by atoms with van der Waals surface area (Å²) in [6, 6.07) is 16.8. The molecule has 2 nitrogen and oxygen atoms in total. The molecule has 1 aromatic heterocycles. The Kier molecular flexibility index (Phi) is 4.98. The van der Waals surface area contributed by atoms with Gasteiger partial charge in [-0.15, -0.1) is 0 Å². The minimum Gasteiger partial charge on any atom is -0.383 e. The number of aromatic nitrogens is 1. The number of allylic oxidation sites excluding steroid dienone is 1. The van der Waals surface area contributed by atoms with Crippen LogP contribution in [0.3, 0.4) is 0 Å². The van der Waals surface area contributed by atoms with E-state index in [1.54, 1.807) is 6.08 Å². The maximum absolute atomic E-state index is 6.42. The van der Waals surface area contributed by atoms with Crippen LogP contribution < -0.4 is 5.32 Å². The van der Waals surface area contributed by atoms with Gasteiger partial charge in [-0.1, -0.05) is 65.6 Å². The second-order valence-electron chi connectivity index (χ2n) is 6.90. The van der Waals surface area contributed by atoms with E-state index in [1.165, 1.54) is 23.4 Å². The fraction of sp³-hybridized carbons (Fsp3) is 0.174. The number of halogens is 1. The molecule has 1 heterocycles. The van der Waals surface area contributed by atoms with Gasteiger partial charge in [-0.2, -0.15) is 0 Å². The topological polar surface area (TPSA) is 17.0 Å². The van der Waals surface area contributed by atoms with Crippen LogP contribution >= 0.6 is 22.3 Å². The van der Waals surface area contributed by atoms with E-state index in [4.69, 9.17) is 11.6 Å². The second-order valence-corrected chi connectivity index (χ2v) is 8.87. The first-order valence-electron chi connectivity index (χ1n) is 9.07. The Labute approximate surface area is 168 Å². The van der Waals surface area contributed by atoms with Crippen LogP contribution in [0, 0.1) is 5.92 Å². The molecule has 1 fully saturated rings. The standard InChI is InChI=1S/C23H23ClN2S/c1-4-17-14-23-19(13-22(17)24)12-20(15-25-16(2)18-10-11-18)26(23)27(3)21-8-6-5-7-9-21/h4-9,12-14,18,25H,1-3,10-11,15H2. The largest absolute Gasteiger partial charge is 0.383 e. The van der Waals surface area contributed by atoms with Crippen molar-refractivity contribution in [1.29, 1.82) is 0 Å². The summed E-state index contributed by atoms with van der Waals surface area (Å²) in [5.41, 5.74) is 4.40. The van der Waals surface area contributed by atoms with Gasteiger partial charge in [-0.25, -0.2) is 0 Å². The first-order chi connectivity index (χ1) is 13.1. The number of hydrogen-bond acceptors (Lipinski definition) is 1. The molecule has 0 spiro atoms. The van der Waals surface area contributed by atoms with Crippen molar-refractivity contribution in [2.45, 2.75) is 24.3 Å². The van der Waals surface area contributed by atoms with Crippen molar-refractivity contribution in [1.82, 2.24) is 9.29 Å². The number of nitrogens with zero attached hydrogens (tertiary/aromatic N) is 1. The zero-order valence-corrected chi connectivity index (χ0v) is 16.8. The molecule has 2 aromatic carbocycles. The third-order valence-electron chi connectivity index (χ3n) is 4.97. The predicted octanol–water partition coefficient (Wildman–Crippen LogP) is 6.47. The van der Waals surface area contributed by atoms with Crippen LogP contribution in [0.25, 0.3) is 17.0 Å². The highest BCUT2D eigenvalue weighted by Crippen LogP contribution is 2.37. The van der Waals surface area contributed by atoms with Crippen molar-refractivity contribution in [3.8, 4) is 0 Å². The lowest BCUT2D eigenvalue weighted by Gasteiger charge is -2.17. The maximum Gasteiger partial charge on any atom is 0.0600 e. The highest BCUT2D eigenvalue weighted by molar-refractivity contribution is 8.13. The molecule has 27 heavy (non-hydrogen) atoms. The van der Waals surface area contributed by atoms with Gasteiger partial charge in [0.25, 0.3) is 0 Å². The van der Waals surface area contributed by atoms with Gasteiger partial charge in [0.2, 0.25) is 0 Å². The fourth-order valence-corrected chi connectivity index (χ4v) is 5.01. The zero-order chi connectivity index (χ0) is 19.0. The fourth-order valence-electron chi connectivity index (χ4n) is 3.28. The number of nitrogens with one attached hydrogen (secondary N) is 1. The first-order valence-corrected chi connectivity index (χ1v) is 10.8. The van der Waals surface area contributed by atoms with Crippen molar-refractivity contribution in [2.75, 3.05) is 0 Å². The van der Waals surface area contributed by atoms with Gasteiger partial charge in [0, 0.05) is 26.7 Å². The Morgan fingerprint density at radius 2 is 1.96 bits per heavy atom. The van der Waals surface area contributed by atoms with Crippen molar-refractivity contribution < 1.29 is 0 Å². The summed E-state index contributed by atoms with van der Waals surface area (Å²) in [5.74, 6) is 5.13. The van der Waals surface area contributed by atoms with Crippen molar-refractivity contribution in [2.24, 2.45) is 5.92 Å². The predicted molar refractivity (Wildman–Crippen MR) is 121 cm³/mol. The Balaban J connectivity index is 1.80. The Morgan fingerprint density at radius 3 is 2.63 bits per heavy atom. The molecule has 3 aromatic rings. The molecule has 1 aliphatic carbocycles. The molecular formula is C23H23ClN2S. The van der Waals surface area contributed by atoms with E-state index >= 15 is 0 Å². The molecule has 0 amide bonds. The molecule has 4 heteroatoms. The number of benzene rings is 2. The Hall–Kier alpha value is -2.23. The lowest BCUT2D eigenvalue weighted by Crippen LogP contribution is -2.15. The van der Waals surface area contributed by atoms with Crippen LogP contribution in [-0.2, 0) is 6.54 Å². The van der Waals surface area contributed by atoms with Gasteiger partial charge >= 0.3 is 0 Å². The smallest absolute Gasteiger partial charge is 0.0600 e. The third kappa shape index (κ3) is 3.62. The number of fused-ring (bicyclic) bond motifs is 1. The highest BCUT2D eigenvalue weighted by Gasteiger charge is 2.24. The van der Waals surface area contributed by atoms with Crippen LogP contribution in [0.4, 0.5) is 0 Å². The SMILES string of the molecule is C=Cc1cc2c(cc1Cl)cc(CNC(=C)C1CC1)n2S(=C)c1ccccc1. The third-order valence-corrected chi connectivity index (χ3v) is 6.99. The van der Waals surface area contributed by atoms with E-state index in [9.17, 15) is 0 Å². The van der Waals surface area contributed by atoms with E-state index < -0.39 is 0 Å². The van der Waals surface area contributed by atoms with Gasteiger partial charge in [0.05, 0.1) is 12.1 Å². The summed E-state index contributed by atoms with van der Waals surface area (Å²) in [4.78, 5) is 1.20. The normalized spacial score (nSPS) is 14.9. The molecule has 1 aliphatic rings. The Morgan fingerprint density at radius 1 is 1.22 bits per heavy atom. The molecule has 1 atom stereocenters. The van der Waals surface area contributed by atoms with Crippen molar-refractivity contribution in [3.63, 3.8) is 0 Å². The van der Waals surface area contributed by atoms with Gasteiger partial charge in [-0.05, 0) is 54.7 Å². The molecule has 0 aliphatic heterocycles. The van der Waals surface area contributed by atoms with Gasteiger partial charge in [-0.3, -0.25) is 3.97 Å². The second kappa shape index (κ2) is 7.41. The summed E-state index contributed by atoms with van der Waals surface area (Å²) in [5, 5.41) is 5.36. The quantitative estimate of drug-likeness (QED) is 0.454. The maximum atomic E-state index is 6.42. The Bertz CT molecular complexity index is 1050. The van der Waals surface area contributed by atoms with Gasteiger partial charge < -0.3 is 5.32 Å². The van der Waals surface area contributed by atoms with Crippen LogP contribution in [0.2, 0.25) is 5.02 Å². The molecule has 4 rings (SSSR count). The van der Waals surface area contributed by atoms with Crippen molar-refractivity contribution >= 4 is 45.1 Å². The van der Waals surface area contributed by atoms with E-state index in [0.29, 0.717) is 5.92 Å². The zero-order valence-electron chi connectivity index (χ0n) is 15.2. The molecule has 1 saturated carbocycles. The lowest BCUT2D eigenvalue weighted by atomic mass is 10.1. The summed E-state index contributed by atoms with van der Waals surface area (Å²) >= 11 is 6.42. The van der Waals surface area contributed by atoms with Gasteiger partial charge in [0.1, 0.15) is 0 Å². The van der Waals surface area contributed by atoms with Crippen LogP contribution in [-0.4, -0.2) is 9.84 Å². The number of hydrogen-bond donors (Lipinski definition) is 1. The summed E-state index contributed by atoms with van der Waals surface area (Å²) < 4.78 is 2.32. The molecule has 138 valence electrons. The molecule has 0 radical (unpaired) electrons. The monoisotopic (exact) mass is 394 g/mol. The molecule has 1 N–H and O–H groups in total. The van der Waals surface area contributed by atoms with Crippen LogP contribution in [0.15, 0.2) is 72.3 Å². The minimum absolute atomic E-state index is 0.359.